The van der Waals surface area contributed by atoms with Crippen molar-refractivity contribution in [3.05, 3.63) is 35.4 Å². The van der Waals surface area contributed by atoms with Gasteiger partial charge in [-0.3, -0.25) is 0 Å². The van der Waals surface area contributed by atoms with E-state index in [0.29, 0.717) is 5.92 Å². The fraction of sp³-hybridized carbons (Fsp3) is 0.700. The molecule has 0 radical (unpaired) electrons. The third kappa shape index (κ3) is 6.80. The highest BCUT2D eigenvalue weighted by Gasteiger charge is 2.39. The van der Waals surface area contributed by atoms with Crippen LogP contribution < -0.4 is 0 Å². The second kappa shape index (κ2) is 8.74. The Balaban J connectivity index is 2.94. The molecule has 144 valence electrons. The minimum Gasteiger partial charge on any atom is -0.414 e. The molecule has 2 nitrogen and oxygen atoms in total. The first-order valence-electron chi connectivity index (χ1n) is 9.14. The van der Waals surface area contributed by atoms with Crippen LogP contribution in [0.1, 0.15) is 65.5 Å². The van der Waals surface area contributed by atoms with Gasteiger partial charge in [-0.2, -0.15) is 0 Å². The predicted molar refractivity (Wildman–Crippen MR) is 102 cm³/mol. The van der Waals surface area contributed by atoms with Gasteiger partial charge in [0.15, 0.2) is 8.32 Å². The van der Waals surface area contributed by atoms with Crippen LogP contribution in [-0.2, 0) is 4.43 Å². The lowest BCUT2D eigenvalue weighted by Crippen LogP contribution is -2.44. The van der Waals surface area contributed by atoms with Gasteiger partial charge < -0.3 is 9.53 Å². The van der Waals surface area contributed by atoms with Crippen LogP contribution in [0.2, 0.25) is 18.1 Å². The van der Waals surface area contributed by atoms with E-state index in [1.54, 1.807) is 0 Å². The van der Waals surface area contributed by atoms with Crippen molar-refractivity contribution in [1.29, 1.82) is 0 Å². The molecule has 2 atom stereocenters. The predicted octanol–water partition coefficient (Wildman–Crippen LogP) is 6.21. The van der Waals surface area contributed by atoms with Crippen molar-refractivity contribution >= 4 is 8.32 Å². The first-order valence-corrected chi connectivity index (χ1v) is 12.0. The number of hydrogen-bond acceptors (Lipinski definition) is 2. The van der Waals surface area contributed by atoms with E-state index >= 15 is 0 Å². The topological polar surface area (TPSA) is 29.5 Å². The van der Waals surface area contributed by atoms with Gasteiger partial charge in [0, 0.05) is 18.1 Å². The van der Waals surface area contributed by atoms with E-state index in [2.05, 4.69) is 47.7 Å². The number of aliphatic hydroxyl groups is 1. The highest BCUT2D eigenvalue weighted by atomic mass is 28.4. The molecule has 0 saturated heterocycles. The summed E-state index contributed by atoms with van der Waals surface area (Å²) in [5.41, 5.74) is 0.00776. The van der Waals surface area contributed by atoms with E-state index in [-0.39, 0.29) is 23.1 Å². The summed E-state index contributed by atoms with van der Waals surface area (Å²) in [6, 6.07) is 3.20. The standard InChI is InChI=1S/C20H34F2O2Si/c1-14(2)8-10-16(24-25(6,7)20(3,4)5)13-19(23)17-12-15(21)9-11-18(17)22/h9,11-12,14,16,19,23H,8,10,13H2,1-7H3/t16-,19?/m1/s1. The molecule has 1 rings (SSSR count). The molecule has 5 heteroatoms. The summed E-state index contributed by atoms with van der Waals surface area (Å²) in [5.74, 6) is -0.600. The molecule has 0 aromatic heterocycles. The smallest absolute Gasteiger partial charge is 0.192 e. The Morgan fingerprint density at radius 1 is 1.12 bits per heavy atom. The van der Waals surface area contributed by atoms with Crippen molar-refractivity contribution in [2.45, 2.75) is 84.2 Å². The number of benzene rings is 1. The van der Waals surface area contributed by atoms with E-state index in [0.717, 1.165) is 31.0 Å². The van der Waals surface area contributed by atoms with Gasteiger partial charge in [-0.05, 0) is 55.1 Å². The van der Waals surface area contributed by atoms with Crippen molar-refractivity contribution in [3.8, 4) is 0 Å². The molecular weight excluding hydrogens is 338 g/mol. The van der Waals surface area contributed by atoms with Crippen LogP contribution in [0, 0.1) is 17.6 Å². The molecule has 0 amide bonds. The molecule has 1 aromatic carbocycles. The van der Waals surface area contributed by atoms with Gasteiger partial charge in [0.25, 0.3) is 0 Å². The first kappa shape index (κ1) is 22.3. The fourth-order valence-electron chi connectivity index (χ4n) is 2.48. The van der Waals surface area contributed by atoms with Crippen molar-refractivity contribution in [3.63, 3.8) is 0 Å². The van der Waals surface area contributed by atoms with E-state index in [9.17, 15) is 13.9 Å². The Bertz CT molecular complexity index is 553. The summed E-state index contributed by atoms with van der Waals surface area (Å²) < 4.78 is 33.9. The molecule has 25 heavy (non-hydrogen) atoms. The lowest BCUT2D eigenvalue weighted by atomic mass is 9.98. The summed E-state index contributed by atoms with van der Waals surface area (Å²) in [5, 5.41) is 10.5. The SMILES string of the molecule is CC(C)CC[C@H](CC(O)c1cc(F)ccc1F)O[Si](C)(C)C(C)(C)C. The summed E-state index contributed by atoms with van der Waals surface area (Å²) >= 11 is 0. The largest absolute Gasteiger partial charge is 0.414 e. The summed E-state index contributed by atoms with van der Waals surface area (Å²) in [4.78, 5) is 0. The molecule has 0 aliphatic carbocycles. The molecule has 0 heterocycles. The highest BCUT2D eigenvalue weighted by Crippen LogP contribution is 2.39. The van der Waals surface area contributed by atoms with Crippen molar-refractivity contribution < 1.29 is 18.3 Å². The second-order valence-electron chi connectivity index (χ2n) is 8.89. The van der Waals surface area contributed by atoms with Crippen LogP contribution in [0.25, 0.3) is 0 Å². The van der Waals surface area contributed by atoms with Gasteiger partial charge in [-0.15, -0.1) is 0 Å². The average molecular weight is 373 g/mol. The van der Waals surface area contributed by atoms with E-state index < -0.39 is 26.1 Å². The lowest BCUT2D eigenvalue weighted by Gasteiger charge is -2.40. The van der Waals surface area contributed by atoms with Crippen LogP contribution >= 0.6 is 0 Å². The zero-order valence-corrected chi connectivity index (χ0v) is 17.7. The Morgan fingerprint density at radius 3 is 2.24 bits per heavy atom. The quantitative estimate of drug-likeness (QED) is 0.549. The number of halogens is 2. The van der Waals surface area contributed by atoms with Gasteiger partial charge in [-0.25, -0.2) is 8.78 Å². The number of aliphatic hydroxyl groups excluding tert-OH is 1. The third-order valence-electron chi connectivity index (χ3n) is 5.14. The Hall–Kier alpha value is -0.783. The minimum atomic E-state index is -2.01. The van der Waals surface area contributed by atoms with Crippen molar-refractivity contribution in [2.75, 3.05) is 0 Å². The molecular formula is C20H34F2O2Si. The molecule has 0 bridgehead atoms. The monoisotopic (exact) mass is 372 g/mol. The van der Waals surface area contributed by atoms with Gasteiger partial charge in [-0.1, -0.05) is 34.6 Å². The van der Waals surface area contributed by atoms with Crippen LogP contribution in [0.3, 0.4) is 0 Å². The highest BCUT2D eigenvalue weighted by molar-refractivity contribution is 6.74. The second-order valence-corrected chi connectivity index (χ2v) is 13.6. The van der Waals surface area contributed by atoms with Crippen LogP contribution in [0.5, 0.6) is 0 Å². The van der Waals surface area contributed by atoms with E-state index in [1.807, 2.05) is 0 Å². The normalized spacial score (nSPS) is 15.5. The van der Waals surface area contributed by atoms with Crippen LogP contribution in [0.4, 0.5) is 8.78 Å². The molecule has 0 saturated carbocycles. The van der Waals surface area contributed by atoms with Crippen molar-refractivity contribution in [2.24, 2.45) is 5.92 Å². The zero-order chi connectivity index (χ0) is 19.4. The van der Waals surface area contributed by atoms with Crippen LogP contribution in [-0.4, -0.2) is 19.5 Å². The van der Waals surface area contributed by atoms with Gasteiger partial charge in [0.2, 0.25) is 0 Å². The molecule has 0 spiro atoms. The Kier molecular flexibility index (Phi) is 7.78. The number of rotatable bonds is 8. The molecule has 1 aromatic rings. The minimum absolute atomic E-state index is 0.00776. The van der Waals surface area contributed by atoms with Crippen molar-refractivity contribution in [1.82, 2.24) is 0 Å². The summed E-state index contributed by atoms with van der Waals surface area (Å²) in [6.07, 6.45) is 0.814. The first-order chi connectivity index (χ1) is 11.3. The van der Waals surface area contributed by atoms with Gasteiger partial charge in [0.1, 0.15) is 11.6 Å². The molecule has 1 unspecified atom stereocenters. The maximum Gasteiger partial charge on any atom is 0.192 e. The lowest BCUT2D eigenvalue weighted by molar-refractivity contribution is 0.0761. The van der Waals surface area contributed by atoms with Crippen LogP contribution in [0.15, 0.2) is 18.2 Å². The number of hydrogen-bond donors (Lipinski definition) is 1. The molecule has 1 N–H and O–H groups in total. The Labute approximate surface area is 152 Å². The summed E-state index contributed by atoms with van der Waals surface area (Å²) in [7, 11) is -2.01. The van der Waals surface area contributed by atoms with E-state index in [1.165, 1.54) is 0 Å². The van der Waals surface area contributed by atoms with Gasteiger partial charge in [0.05, 0.1) is 6.10 Å². The molecule has 0 fully saturated rings. The third-order valence-corrected chi connectivity index (χ3v) is 9.67. The summed E-state index contributed by atoms with van der Waals surface area (Å²) in [6.45, 7) is 15.1. The van der Waals surface area contributed by atoms with Gasteiger partial charge >= 0.3 is 0 Å². The zero-order valence-electron chi connectivity index (χ0n) is 16.7. The maximum atomic E-state index is 14.0. The average Bonchev–Trinajstić information content (AvgIpc) is 2.45. The maximum absolute atomic E-state index is 14.0. The van der Waals surface area contributed by atoms with E-state index in [4.69, 9.17) is 4.43 Å². The Morgan fingerprint density at radius 2 is 1.72 bits per heavy atom. The molecule has 0 aliphatic rings. The molecule has 0 aliphatic heterocycles. The fourth-order valence-corrected chi connectivity index (χ4v) is 3.88.